The third-order valence-corrected chi connectivity index (χ3v) is 4.41. The van der Waals surface area contributed by atoms with Gasteiger partial charge < -0.3 is 17.2 Å². The highest BCUT2D eigenvalue weighted by Gasteiger charge is 2.07. The lowest BCUT2D eigenvalue weighted by atomic mass is 10.0. The largest absolute Gasteiger partial charge is 0.370 e. The van der Waals surface area contributed by atoms with Crippen molar-refractivity contribution in [3.8, 4) is 0 Å². The molecule has 134 valence electrons. The van der Waals surface area contributed by atoms with Crippen LogP contribution in [0.4, 0.5) is 0 Å². The molecule has 1 aromatic carbocycles. The standard InChI is InChI=1S/C17H27Cl2N5/c1-2-6-13(23-17(22)24-16(20)21)8-5-3-4-7-12-9-10-14(18)15(19)11-12/h9-11,13H,2-8H2,1H3,(H6,20,21,22,23,24). The molecule has 0 heterocycles. The van der Waals surface area contributed by atoms with Crippen LogP contribution < -0.4 is 17.2 Å². The second-order valence-corrected chi connectivity index (χ2v) is 6.63. The number of guanidine groups is 2. The number of rotatable bonds is 9. The molecule has 0 spiro atoms. The van der Waals surface area contributed by atoms with E-state index in [-0.39, 0.29) is 18.0 Å². The summed E-state index contributed by atoms with van der Waals surface area (Å²) >= 11 is 12.0. The zero-order valence-corrected chi connectivity index (χ0v) is 15.7. The number of nitrogens with zero attached hydrogens (tertiary/aromatic N) is 2. The van der Waals surface area contributed by atoms with Gasteiger partial charge in [0, 0.05) is 0 Å². The molecule has 0 fully saturated rings. The van der Waals surface area contributed by atoms with E-state index in [0.29, 0.717) is 10.0 Å². The molecule has 0 amide bonds. The van der Waals surface area contributed by atoms with Gasteiger partial charge in [0.1, 0.15) is 0 Å². The maximum atomic E-state index is 6.03. The average molecular weight is 372 g/mol. The third-order valence-electron chi connectivity index (χ3n) is 3.67. The first-order valence-electron chi connectivity index (χ1n) is 8.29. The van der Waals surface area contributed by atoms with Crippen molar-refractivity contribution in [2.45, 2.75) is 57.9 Å². The van der Waals surface area contributed by atoms with E-state index in [1.54, 1.807) is 0 Å². The van der Waals surface area contributed by atoms with Crippen molar-refractivity contribution in [3.63, 3.8) is 0 Å². The van der Waals surface area contributed by atoms with Gasteiger partial charge in [0.05, 0.1) is 16.1 Å². The van der Waals surface area contributed by atoms with Crippen molar-refractivity contribution < 1.29 is 0 Å². The number of nitrogens with two attached hydrogens (primary N) is 3. The minimum Gasteiger partial charge on any atom is -0.370 e. The van der Waals surface area contributed by atoms with Gasteiger partial charge in [0.15, 0.2) is 5.96 Å². The van der Waals surface area contributed by atoms with E-state index in [1.807, 2.05) is 18.2 Å². The zero-order chi connectivity index (χ0) is 17.9. The van der Waals surface area contributed by atoms with E-state index in [2.05, 4.69) is 16.9 Å². The molecular weight excluding hydrogens is 345 g/mol. The number of unbranched alkanes of at least 4 members (excludes halogenated alkanes) is 2. The van der Waals surface area contributed by atoms with Crippen LogP contribution in [0.5, 0.6) is 0 Å². The van der Waals surface area contributed by atoms with Crippen LogP contribution in [0.3, 0.4) is 0 Å². The summed E-state index contributed by atoms with van der Waals surface area (Å²) in [5.41, 5.74) is 17.5. The summed E-state index contributed by atoms with van der Waals surface area (Å²) in [5.74, 6) is 0.0948. The van der Waals surface area contributed by atoms with Crippen LogP contribution >= 0.6 is 23.2 Å². The molecule has 7 heteroatoms. The molecule has 0 bridgehead atoms. The molecule has 24 heavy (non-hydrogen) atoms. The molecule has 1 unspecified atom stereocenters. The van der Waals surface area contributed by atoms with E-state index in [0.717, 1.165) is 44.9 Å². The Balaban J connectivity index is 2.37. The Labute approximate surface area is 154 Å². The lowest BCUT2D eigenvalue weighted by Gasteiger charge is -2.11. The number of halogens is 2. The smallest absolute Gasteiger partial charge is 0.218 e. The van der Waals surface area contributed by atoms with Crippen LogP contribution in [-0.4, -0.2) is 18.0 Å². The van der Waals surface area contributed by atoms with Gasteiger partial charge in [-0.05, 0) is 43.4 Å². The van der Waals surface area contributed by atoms with Gasteiger partial charge in [0.25, 0.3) is 0 Å². The highest BCUT2D eigenvalue weighted by atomic mass is 35.5. The molecule has 0 aliphatic carbocycles. The van der Waals surface area contributed by atoms with Gasteiger partial charge in [0.2, 0.25) is 5.96 Å². The fraction of sp³-hybridized carbons (Fsp3) is 0.529. The highest BCUT2D eigenvalue weighted by molar-refractivity contribution is 6.42. The van der Waals surface area contributed by atoms with E-state index in [4.69, 9.17) is 40.4 Å². The molecule has 0 radical (unpaired) electrons. The second kappa shape index (κ2) is 11.2. The predicted molar refractivity (Wildman–Crippen MR) is 105 cm³/mol. The monoisotopic (exact) mass is 371 g/mol. The minimum absolute atomic E-state index is 0.0619. The molecule has 1 rings (SSSR count). The molecule has 0 aliphatic rings. The number of benzene rings is 1. The molecule has 1 aromatic rings. The van der Waals surface area contributed by atoms with Gasteiger partial charge in [-0.15, -0.1) is 0 Å². The quantitative estimate of drug-likeness (QED) is 0.348. The summed E-state index contributed by atoms with van der Waals surface area (Å²) < 4.78 is 0. The number of hydrogen-bond donors (Lipinski definition) is 3. The summed E-state index contributed by atoms with van der Waals surface area (Å²) in [5, 5.41) is 1.21. The van der Waals surface area contributed by atoms with Gasteiger partial charge in [-0.25, -0.2) is 4.99 Å². The van der Waals surface area contributed by atoms with E-state index < -0.39 is 0 Å². The summed E-state index contributed by atoms with van der Waals surface area (Å²) in [4.78, 5) is 8.17. The lowest BCUT2D eigenvalue weighted by molar-refractivity contribution is 0.520. The van der Waals surface area contributed by atoms with Crippen LogP contribution in [0.2, 0.25) is 10.0 Å². The first kappa shape index (κ1) is 20.6. The van der Waals surface area contributed by atoms with Crippen molar-refractivity contribution in [2.24, 2.45) is 27.2 Å². The number of hydrogen-bond acceptors (Lipinski definition) is 1. The van der Waals surface area contributed by atoms with Gasteiger partial charge in [-0.3, -0.25) is 0 Å². The van der Waals surface area contributed by atoms with Crippen molar-refractivity contribution in [3.05, 3.63) is 33.8 Å². The topological polar surface area (TPSA) is 103 Å². The Kier molecular flexibility index (Phi) is 9.57. The van der Waals surface area contributed by atoms with Gasteiger partial charge in [-0.2, -0.15) is 4.99 Å². The Morgan fingerprint density at radius 2 is 1.79 bits per heavy atom. The average Bonchev–Trinajstić information content (AvgIpc) is 2.49. The fourth-order valence-corrected chi connectivity index (χ4v) is 2.86. The Hall–Kier alpha value is -1.46. The maximum Gasteiger partial charge on any atom is 0.218 e. The predicted octanol–water partition coefficient (Wildman–Crippen LogP) is 3.85. The molecule has 5 nitrogen and oxygen atoms in total. The Morgan fingerprint density at radius 3 is 2.42 bits per heavy atom. The Bertz CT molecular complexity index is 568. The van der Waals surface area contributed by atoms with Crippen molar-refractivity contribution in [1.82, 2.24) is 0 Å². The molecule has 6 N–H and O–H groups in total. The lowest BCUT2D eigenvalue weighted by Crippen LogP contribution is -2.27. The normalized spacial score (nSPS) is 12.9. The number of aryl methyl sites for hydroxylation is 1. The summed E-state index contributed by atoms with van der Waals surface area (Å²) in [6.07, 6.45) is 7.32. The molecule has 1 atom stereocenters. The van der Waals surface area contributed by atoms with Crippen molar-refractivity contribution >= 4 is 35.1 Å². The van der Waals surface area contributed by atoms with Gasteiger partial charge >= 0.3 is 0 Å². The van der Waals surface area contributed by atoms with E-state index in [1.165, 1.54) is 5.56 Å². The maximum absolute atomic E-state index is 6.03. The molecule has 0 saturated heterocycles. The van der Waals surface area contributed by atoms with Gasteiger partial charge in [-0.1, -0.05) is 55.5 Å². The molecule has 0 aromatic heterocycles. The molecular formula is C17H27Cl2N5. The third kappa shape index (κ3) is 8.41. The summed E-state index contributed by atoms with van der Waals surface area (Å²) in [6, 6.07) is 5.97. The van der Waals surface area contributed by atoms with E-state index >= 15 is 0 Å². The van der Waals surface area contributed by atoms with Crippen LogP contribution in [0.1, 0.15) is 51.0 Å². The zero-order valence-electron chi connectivity index (χ0n) is 14.1. The van der Waals surface area contributed by atoms with Crippen molar-refractivity contribution in [1.29, 1.82) is 0 Å². The highest BCUT2D eigenvalue weighted by Crippen LogP contribution is 2.23. The summed E-state index contributed by atoms with van der Waals surface area (Å²) in [6.45, 7) is 2.13. The van der Waals surface area contributed by atoms with Crippen LogP contribution in [0.15, 0.2) is 28.2 Å². The Morgan fingerprint density at radius 1 is 1.04 bits per heavy atom. The van der Waals surface area contributed by atoms with E-state index in [9.17, 15) is 0 Å². The first-order chi connectivity index (χ1) is 11.4. The minimum atomic E-state index is -0.0619. The summed E-state index contributed by atoms with van der Waals surface area (Å²) in [7, 11) is 0. The van der Waals surface area contributed by atoms with Crippen LogP contribution in [0, 0.1) is 0 Å². The first-order valence-corrected chi connectivity index (χ1v) is 9.04. The van der Waals surface area contributed by atoms with Crippen molar-refractivity contribution in [2.75, 3.05) is 0 Å². The fourth-order valence-electron chi connectivity index (χ4n) is 2.54. The number of aliphatic imine (C=N–C) groups is 2. The molecule has 0 aliphatic heterocycles. The van der Waals surface area contributed by atoms with Crippen LogP contribution in [-0.2, 0) is 6.42 Å². The SMILES string of the molecule is CCCC(CCCCCc1ccc(Cl)c(Cl)c1)N=C(N)N=C(N)N. The van der Waals surface area contributed by atoms with Crippen LogP contribution in [0.25, 0.3) is 0 Å². The molecule has 0 saturated carbocycles. The second-order valence-electron chi connectivity index (χ2n) is 5.81.